The number of carbonyl (C=O) groups excluding carboxylic acids is 1. The number of benzene rings is 2. The van der Waals surface area contributed by atoms with Crippen molar-refractivity contribution in [2.75, 3.05) is 42.1 Å². The van der Waals surface area contributed by atoms with Crippen LogP contribution in [0.3, 0.4) is 0 Å². The lowest BCUT2D eigenvalue weighted by Gasteiger charge is -2.36. The third-order valence-electron chi connectivity index (χ3n) is 4.82. The number of aromatic nitrogens is 2. The van der Waals surface area contributed by atoms with E-state index < -0.39 is 0 Å². The maximum Gasteiger partial charge on any atom is 0.272 e. The number of hydrogen-bond donors (Lipinski definition) is 3. The lowest BCUT2D eigenvalue weighted by atomic mass is 10.2. The summed E-state index contributed by atoms with van der Waals surface area (Å²) in [7, 11) is 0. The first-order valence-electron chi connectivity index (χ1n) is 9.39. The quantitative estimate of drug-likeness (QED) is 0.587. The van der Waals surface area contributed by atoms with Crippen LogP contribution in [0.2, 0.25) is 0 Å². The summed E-state index contributed by atoms with van der Waals surface area (Å²) < 4.78 is 0. The number of hydrogen-bond acceptors (Lipinski definition) is 7. The van der Waals surface area contributed by atoms with E-state index in [2.05, 4.69) is 32.3 Å². The molecule has 0 saturated carbocycles. The minimum atomic E-state index is -0.188. The van der Waals surface area contributed by atoms with Crippen LogP contribution in [0.5, 0.6) is 5.75 Å². The Labute approximate surface area is 168 Å². The van der Waals surface area contributed by atoms with Gasteiger partial charge in [0.15, 0.2) is 0 Å². The summed E-state index contributed by atoms with van der Waals surface area (Å²) >= 11 is 0. The zero-order valence-electron chi connectivity index (χ0n) is 15.8. The van der Waals surface area contributed by atoms with Crippen LogP contribution in [0.15, 0.2) is 60.7 Å². The molecule has 1 fully saturated rings. The van der Waals surface area contributed by atoms with E-state index in [0.717, 1.165) is 18.8 Å². The number of nitrogens with one attached hydrogen (secondary N) is 1. The fraction of sp³-hybridized carbons (Fsp3) is 0.190. The number of piperazine rings is 1. The number of anilines is 4. The highest BCUT2D eigenvalue weighted by Gasteiger charge is 2.24. The van der Waals surface area contributed by atoms with E-state index in [0.29, 0.717) is 24.6 Å². The number of para-hydroxylation sites is 3. The average Bonchev–Trinajstić information content (AvgIpc) is 2.75. The Morgan fingerprint density at radius 1 is 0.966 bits per heavy atom. The van der Waals surface area contributed by atoms with Crippen LogP contribution in [-0.4, -0.2) is 52.1 Å². The molecule has 0 spiro atoms. The lowest BCUT2D eigenvalue weighted by molar-refractivity contribution is 0.0741. The predicted octanol–water partition coefficient (Wildman–Crippen LogP) is 2.47. The molecule has 0 bridgehead atoms. The molecule has 0 radical (unpaired) electrons. The van der Waals surface area contributed by atoms with Crippen molar-refractivity contribution in [3.63, 3.8) is 0 Å². The van der Waals surface area contributed by atoms with Crippen LogP contribution in [0, 0.1) is 0 Å². The molecule has 29 heavy (non-hydrogen) atoms. The standard InChI is InChI=1S/C21H22N6O2/c22-21-24-17(14-19(25-21)23-16-8-4-5-9-18(16)28)20(29)27-12-10-26(11-13-27)15-6-2-1-3-7-15/h1-9,14,28H,10-13H2,(H3,22,23,24,25). The van der Waals surface area contributed by atoms with E-state index in [1.165, 1.54) is 0 Å². The molecule has 4 N–H and O–H groups in total. The summed E-state index contributed by atoms with van der Waals surface area (Å²) in [5.74, 6) is 0.240. The molecule has 0 aliphatic carbocycles. The highest BCUT2D eigenvalue weighted by molar-refractivity contribution is 5.93. The normalized spacial score (nSPS) is 13.9. The molecule has 1 aromatic heterocycles. The highest BCUT2D eigenvalue weighted by atomic mass is 16.3. The molecule has 3 aromatic rings. The van der Waals surface area contributed by atoms with Crippen molar-refractivity contribution in [1.82, 2.24) is 14.9 Å². The minimum Gasteiger partial charge on any atom is -0.506 e. The SMILES string of the molecule is Nc1nc(Nc2ccccc2O)cc(C(=O)N2CCN(c3ccccc3)CC2)n1. The second kappa shape index (κ2) is 8.05. The molecule has 0 atom stereocenters. The van der Waals surface area contributed by atoms with E-state index in [1.54, 1.807) is 35.2 Å². The number of phenols is 1. The maximum atomic E-state index is 13.0. The maximum absolute atomic E-state index is 13.0. The van der Waals surface area contributed by atoms with Crippen molar-refractivity contribution >= 4 is 29.0 Å². The molecule has 8 heteroatoms. The first kappa shape index (κ1) is 18.5. The van der Waals surface area contributed by atoms with Crippen LogP contribution in [0.25, 0.3) is 0 Å². The van der Waals surface area contributed by atoms with Crippen molar-refractivity contribution in [3.8, 4) is 5.75 Å². The van der Waals surface area contributed by atoms with Gasteiger partial charge in [-0.2, -0.15) is 4.98 Å². The predicted molar refractivity (Wildman–Crippen MR) is 112 cm³/mol. The monoisotopic (exact) mass is 390 g/mol. The molecular weight excluding hydrogens is 368 g/mol. The molecule has 2 heterocycles. The number of amides is 1. The largest absolute Gasteiger partial charge is 0.506 e. The minimum absolute atomic E-state index is 0.00306. The van der Waals surface area contributed by atoms with Gasteiger partial charge in [-0.15, -0.1) is 0 Å². The number of carbonyl (C=O) groups is 1. The fourth-order valence-corrected chi connectivity index (χ4v) is 3.33. The van der Waals surface area contributed by atoms with Gasteiger partial charge < -0.3 is 26.0 Å². The van der Waals surface area contributed by atoms with E-state index >= 15 is 0 Å². The Balaban J connectivity index is 1.46. The zero-order chi connectivity index (χ0) is 20.2. The van der Waals surface area contributed by atoms with Crippen molar-refractivity contribution in [1.29, 1.82) is 0 Å². The fourth-order valence-electron chi connectivity index (χ4n) is 3.33. The summed E-state index contributed by atoms with van der Waals surface area (Å²) in [5, 5.41) is 12.9. The van der Waals surface area contributed by atoms with Crippen molar-refractivity contribution < 1.29 is 9.90 Å². The van der Waals surface area contributed by atoms with Crippen LogP contribution in [-0.2, 0) is 0 Å². The summed E-state index contributed by atoms with van der Waals surface area (Å²) in [6.07, 6.45) is 0. The zero-order valence-corrected chi connectivity index (χ0v) is 15.8. The third-order valence-corrected chi connectivity index (χ3v) is 4.82. The van der Waals surface area contributed by atoms with Gasteiger partial charge in [-0.05, 0) is 24.3 Å². The van der Waals surface area contributed by atoms with E-state index in [9.17, 15) is 9.90 Å². The number of rotatable bonds is 4. The van der Waals surface area contributed by atoms with Gasteiger partial charge in [0.25, 0.3) is 5.91 Å². The molecule has 1 aliphatic rings. The smallest absolute Gasteiger partial charge is 0.272 e. The number of aromatic hydroxyl groups is 1. The second-order valence-corrected chi connectivity index (χ2v) is 6.75. The van der Waals surface area contributed by atoms with Gasteiger partial charge in [0.2, 0.25) is 5.95 Å². The van der Waals surface area contributed by atoms with Gasteiger partial charge in [0.1, 0.15) is 17.3 Å². The topological polar surface area (TPSA) is 108 Å². The highest BCUT2D eigenvalue weighted by Crippen LogP contribution is 2.25. The Morgan fingerprint density at radius 3 is 2.38 bits per heavy atom. The number of phenolic OH excluding ortho intramolecular Hbond substituents is 1. The van der Waals surface area contributed by atoms with Gasteiger partial charge in [-0.25, -0.2) is 4.98 Å². The molecule has 8 nitrogen and oxygen atoms in total. The molecule has 4 rings (SSSR count). The van der Waals surface area contributed by atoms with Gasteiger partial charge in [0, 0.05) is 37.9 Å². The molecule has 1 amide bonds. The average molecular weight is 390 g/mol. The van der Waals surface area contributed by atoms with Gasteiger partial charge in [-0.3, -0.25) is 4.79 Å². The van der Waals surface area contributed by atoms with Crippen molar-refractivity contribution in [2.24, 2.45) is 0 Å². The molecule has 0 unspecified atom stereocenters. The van der Waals surface area contributed by atoms with E-state index in [4.69, 9.17) is 5.73 Å². The number of nitrogens with two attached hydrogens (primary N) is 1. The summed E-state index contributed by atoms with van der Waals surface area (Å²) in [5.41, 5.74) is 7.66. The second-order valence-electron chi connectivity index (χ2n) is 6.75. The Bertz CT molecular complexity index is 1000. The van der Waals surface area contributed by atoms with Crippen molar-refractivity contribution in [2.45, 2.75) is 0 Å². The van der Waals surface area contributed by atoms with Crippen LogP contribution >= 0.6 is 0 Å². The van der Waals surface area contributed by atoms with E-state index in [-0.39, 0.29) is 23.3 Å². The summed E-state index contributed by atoms with van der Waals surface area (Å²) in [4.78, 5) is 25.2. The molecule has 2 aromatic carbocycles. The number of nitrogens with zero attached hydrogens (tertiary/aromatic N) is 4. The Hall–Kier alpha value is -3.81. The lowest BCUT2D eigenvalue weighted by Crippen LogP contribution is -2.49. The summed E-state index contributed by atoms with van der Waals surface area (Å²) in [6, 6.07) is 18.5. The first-order chi connectivity index (χ1) is 14.1. The molecule has 1 aliphatic heterocycles. The summed E-state index contributed by atoms with van der Waals surface area (Å²) in [6.45, 7) is 2.69. The van der Waals surface area contributed by atoms with E-state index in [1.807, 2.05) is 18.2 Å². The third kappa shape index (κ3) is 4.21. The van der Waals surface area contributed by atoms with Gasteiger partial charge in [0.05, 0.1) is 5.69 Å². The molecule has 1 saturated heterocycles. The van der Waals surface area contributed by atoms with Gasteiger partial charge >= 0.3 is 0 Å². The Morgan fingerprint density at radius 2 is 1.66 bits per heavy atom. The van der Waals surface area contributed by atoms with Crippen LogP contribution in [0.4, 0.5) is 23.1 Å². The van der Waals surface area contributed by atoms with Crippen molar-refractivity contribution in [3.05, 3.63) is 66.4 Å². The molecular formula is C21H22N6O2. The Kier molecular flexibility index (Phi) is 5.15. The van der Waals surface area contributed by atoms with Crippen LogP contribution in [0.1, 0.15) is 10.5 Å². The first-order valence-corrected chi connectivity index (χ1v) is 9.39. The van der Waals surface area contributed by atoms with Gasteiger partial charge in [-0.1, -0.05) is 30.3 Å². The number of nitrogen functional groups attached to an aromatic ring is 1. The van der Waals surface area contributed by atoms with Crippen LogP contribution < -0.4 is 16.0 Å². The molecule has 148 valence electrons.